The first-order valence-corrected chi connectivity index (χ1v) is 13.1. The number of carbonyl (C=O) groups is 1. The number of rotatable bonds is 8. The molecule has 1 N–H and O–H groups in total. The van der Waals surface area contributed by atoms with E-state index in [1.165, 1.54) is 6.07 Å². The molecule has 1 aliphatic heterocycles. The van der Waals surface area contributed by atoms with Gasteiger partial charge in [-0.15, -0.1) is 0 Å². The minimum Gasteiger partial charge on any atom is -0.478 e. The molecule has 7 nitrogen and oxygen atoms in total. The van der Waals surface area contributed by atoms with Crippen molar-refractivity contribution in [3.05, 3.63) is 99.0 Å². The summed E-state index contributed by atoms with van der Waals surface area (Å²) in [6.45, 7) is 1.27. The molecule has 5 aromatic rings. The molecule has 1 aliphatic rings. The van der Waals surface area contributed by atoms with Crippen LogP contribution in [0.2, 0.25) is 10.0 Å². The van der Waals surface area contributed by atoms with Crippen molar-refractivity contribution in [2.24, 2.45) is 0 Å². The van der Waals surface area contributed by atoms with E-state index in [1.807, 2.05) is 22.8 Å². The van der Waals surface area contributed by atoms with Crippen LogP contribution in [0.1, 0.15) is 33.7 Å². The van der Waals surface area contributed by atoms with Gasteiger partial charge in [-0.3, -0.25) is 0 Å². The molecule has 1 atom stereocenters. The molecule has 3 heterocycles. The molecule has 198 valence electrons. The van der Waals surface area contributed by atoms with Crippen molar-refractivity contribution >= 4 is 51.1 Å². The Labute approximate surface area is 232 Å². The monoisotopic (exact) mass is 565 g/mol. The number of nitrogens with zero attached hydrogens (tertiary/aromatic N) is 3. The Balaban J connectivity index is 1.30. The molecule has 0 spiro atoms. The van der Waals surface area contributed by atoms with E-state index in [9.17, 15) is 14.3 Å². The van der Waals surface area contributed by atoms with Crippen molar-refractivity contribution in [1.82, 2.24) is 14.5 Å². The van der Waals surface area contributed by atoms with Crippen molar-refractivity contribution in [1.29, 1.82) is 0 Å². The standard InChI is InChI=1S/C29H22Cl2FN3O4/c30-20-5-3-19(23(32)13-20)15-39-28-22(31)11-17-2-1-16(9-25(17)34-28)10-27-33-24-6-4-18(29(36)37)12-26(24)35(27)14-21-7-8-38-21/h1-6,9,11-13,21H,7-8,10,14-15H2,(H,36,37)/t21-/m0/s1. The van der Waals surface area contributed by atoms with Gasteiger partial charge >= 0.3 is 5.97 Å². The number of carboxylic acids is 1. The van der Waals surface area contributed by atoms with Crippen LogP contribution < -0.4 is 4.74 Å². The zero-order chi connectivity index (χ0) is 27.1. The van der Waals surface area contributed by atoms with Crippen LogP contribution in [0.4, 0.5) is 4.39 Å². The third kappa shape index (κ3) is 5.28. The lowest BCUT2D eigenvalue weighted by Gasteiger charge is -2.27. The van der Waals surface area contributed by atoms with Crippen LogP contribution in [0.25, 0.3) is 21.9 Å². The van der Waals surface area contributed by atoms with Gasteiger partial charge in [0.05, 0.1) is 34.8 Å². The van der Waals surface area contributed by atoms with Gasteiger partial charge in [-0.05, 0) is 54.4 Å². The summed E-state index contributed by atoms with van der Waals surface area (Å²) in [5.41, 5.74) is 3.66. The lowest BCUT2D eigenvalue weighted by molar-refractivity contribution is -0.0589. The number of benzene rings is 3. The zero-order valence-electron chi connectivity index (χ0n) is 20.5. The predicted molar refractivity (Wildman–Crippen MR) is 146 cm³/mol. The van der Waals surface area contributed by atoms with Crippen LogP contribution in [0.15, 0.2) is 60.7 Å². The maximum Gasteiger partial charge on any atom is 0.335 e. The average molecular weight is 566 g/mol. The van der Waals surface area contributed by atoms with Crippen molar-refractivity contribution in [3.63, 3.8) is 0 Å². The summed E-state index contributed by atoms with van der Waals surface area (Å²) in [5.74, 6) is -0.452. The molecule has 1 saturated heterocycles. The first-order valence-electron chi connectivity index (χ1n) is 12.3. The van der Waals surface area contributed by atoms with Crippen LogP contribution in [0, 0.1) is 5.82 Å². The number of hydrogen-bond donors (Lipinski definition) is 1. The lowest BCUT2D eigenvalue weighted by Crippen LogP contribution is -2.31. The fourth-order valence-corrected chi connectivity index (χ4v) is 5.00. The molecule has 0 radical (unpaired) electrons. The van der Waals surface area contributed by atoms with Crippen LogP contribution in [-0.4, -0.2) is 38.3 Å². The fraction of sp³-hybridized carbons (Fsp3) is 0.207. The number of aromatic carboxylic acids is 1. The molecule has 39 heavy (non-hydrogen) atoms. The summed E-state index contributed by atoms with van der Waals surface area (Å²) in [5, 5.41) is 10.9. The average Bonchev–Trinajstić information content (AvgIpc) is 3.21. The van der Waals surface area contributed by atoms with Crippen LogP contribution in [0.3, 0.4) is 0 Å². The first-order chi connectivity index (χ1) is 18.8. The maximum absolute atomic E-state index is 14.2. The number of hydrogen-bond acceptors (Lipinski definition) is 5. The predicted octanol–water partition coefficient (Wildman–Crippen LogP) is 6.69. The summed E-state index contributed by atoms with van der Waals surface area (Å²) < 4.78 is 27.6. The highest BCUT2D eigenvalue weighted by Gasteiger charge is 2.22. The number of fused-ring (bicyclic) bond motifs is 2. The minimum absolute atomic E-state index is 0.0491. The summed E-state index contributed by atoms with van der Waals surface area (Å²) in [6, 6.07) is 16.9. The van der Waals surface area contributed by atoms with E-state index >= 15 is 0 Å². The van der Waals surface area contributed by atoms with Crippen molar-refractivity contribution in [3.8, 4) is 5.88 Å². The molecule has 1 fully saturated rings. The molecule has 10 heteroatoms. The van der Waals surface area contributed by atoms with Gasteiger partial charge in [0.2, 0.25) is 5.88 Å². The molecule has 3 aromatic carbocycles. The molecule has 0 aliphatic carbocycles. The number of imidazole rings is 1. The van der Waals surface area contributed by atoms with E-state index in [-0.39, 0.29) is 24.2 Å². The third-order valence-electron chi connectivity index (χ3n) is 6.80. The van der Waals surface area contributed by atoms with E-state index in [1.54, 1.807) is 36.4 Å². The molecule has 2 aromatic heterocycles. The Kier molecular flexibility index (Phi) is 6.85. The highest BCUT2D eigenvalue weighted by molar-refractivity contribution is 6.32. The van der Waals surface area contributed by atoms with Gasteiger partial charge in [0.25, 0.3) is 0 Å². The summed E-state index contributed by atoms with van der Waals surface area (Å²) in [4.78, 5) is 21.0. The molecule has 0 bridgehead atoms. The number of halogens is 3. The van der Waals surface area contributed by atoms with E-state index in [4.69, 9.17) is 37.7 Å². The van der Waals surface area contributed by atoms with Gasteiger partial charge in [0, 0.05) is 29.0 Å². The quantitative estimate of drug-likeness (QED) is 0.225. The molecule has 0 unspecified atom stereocenters. The van der Waals surface area contributed by atoms with Crippen LogP contribution in [0.5, 0.6) is 5.88 Å². The second kappa shape index (κ2) is 10.4. The van der Waals surface area contributed by atoms with E-state index in [2.05, 4.69) is 4.98 Å². The summed E-state index contributed by atoms with van der Waals surface area (Å²) in [7, 11) is 0. The van der Waals surface area contributed by atoms with Crippen LogP contribution >= 0.6 is 23.2 Å². The fourth-order valence-electron chi connectivity index (χ4n) is 4.62. The van der Waals surface area contributed by atoms with Gasteiger partial charge in [-0.25, -0.2) is 19.2 Å². The van der Waals surface area contributed by atoms with Crippen LogP contribution in [-0.2, 0) is 24.3 Å². The maximum atomic E-state index is 14.2. The Morgan fingerprint density at radius 2 is 1.92 bits per heavy atom. The van der Waals surface area contributed by atoms with Gasteiger partial charge < -0.3 is 19.1 Å². The smallest absolute Gasteiger partial charge is 0.335 e. The molecule has 0 amide bonds. The Morgan fingerprint density at radius 3 is 2.67 bits per heavy atom. The minimum atomic E-state index is -0.984. The Morgan fingerprint density at radius 1 is 1.08 bits per heavy atom. The first kappa shape index (κ1) is 25.6. The Bertz CT molecular complexity index is 1740. The SMILES string of the molecule is O=C(O)c1ccc2nc(Cc3ccc4cc(Cl)c(OCc5ccc(Cl)cc5F)nc4c3)n(C[C@@H]3CCO3)c2c1. The van der Waals surface area contributed by atoms with Gasteiger partial charge in [0.15, 0.2) is 0 Å². The molecule has 6 rings (SSSR count). The van der Waals surface area contributed by atoms with Gasteiger partial charge in [0.1, 0.15) is 23.3 Å². The second-order valence-corrected chi connectivity index (χ2v) is 10.3. The Hall–Kier alpha value is -3.72. The number of aromatic nitrogens is 3. The summed E-state index contributed by atoms with van der Waals surface area (Å²) in [6.07, 6.45) is 1.51. The van der Waals surface area contributed by atoms with Crippen molar-refractivity contribution in [2.75, 3.05) is 6.61 Å². The summed E-state index contributed by atoms with van der Waals surface area (Å²) >= 11 is 12.2. The number of carboxylic acid groups (broad SMARTS) is 1. The zero-order valence-corrected chi connectivity index (χ0v) is 22.0. The highest BCUT2D eigenvalue weighted by atomic mass is 35.5. The van der Waals surface area contributed by atoms with Crippen molar-refractivity contribution < 1.29 is 23.8 Å². The van der Waals surface area contributed by atoms with Gasteiger partial charge in [-0.2, -0.15) is 0 Å². The topological polar surface area (TPSA) is 86.5 Å². The van der Waals surface area contributed by atoms with Gasteiger partial charge in [-0.1, -0.05) is 41.4 Å². The molecule has 0 saturated carbocycles. The third-order valence-corrected chi connectivity index (χ3v) is 7.30. The van der Waals surface area contributed by atoms with E-state index in [0.29, 0.717) is 34.1 Å². The normalized spacial score (nSPS) is 15.0. The lowest BCUT2D eigenvalue weighted by atomic mass is 10.1. The van der Waals surface area contributed by atoms with E-state index in [0.717, 1.165) is 40.8 Å². The molecular weight excluding hydrogens is 544 g/mol. The van der Waals surface area contributed by atoms with E-state index < -0.39 is 11.8 Å². The number of ether oxygens (including phenoxy) is 2. The largest absolute Gasteiger partial charge is 0.478 e. The number of pyridine rings is 1. The second-order valence-electron chi connectivity index (χ2n) is 9.43. The molecular formula is C29H22Cl2FN3O4. The highest BCUT2D eigenvalue weighted by Crippen LogP contribution is 2.30. The van der Waals surface area contributed by atoms with Crippen molar-refractivity contribution in [2.45, 2.75) is 32.1 Å².